The number of carboxylic acids is 1. The van der Waals surface area contributed by atoms with E-state index in [1.807, 2.05) is 55.4 Å². The molecule has 13 N–H and O–H groups in total. The van der Waals surface area contributed by atoms with Gasteiger partial charge < -0.3 is 63.6 Å². The normalized spacial score (nSPS) is 15.4. The van der Waals surface area contributed by atoms with Crippen LogP contribution in [0.15, 0.2) is 0 Å². The number of primary amides is 1. The molecule has 0 rings (SSSR count). The molecule has 0 spiro atoms. The Kier molecular flexibility index (Phi) is 36.4. The van der Waals surface area contributed by atoms with Gasteiger partial charge in [-0.2, -0.15) is 0 Å². The summed E-state index contributed by atoms with van der Waals surface area (Å²) in [5, 5.41) is 51.7. The molecule has 9 amide bonds. The average molecular weight is 1110 g/mol. The van der Waals surface area contributed by atoms with Crippen molar-refractivity contribution >= 4 is 59.1 Å². The van der Waals surface area contributed by atoms with Gasteiger partial charge in [0.2, 0.25) is 53.2 Å². The number of hydrogen-bond donors (Lipinski definition) is 12. The molecular formula is C56H103N9O13. The van der Waals surface area contributed by atoms with Crippen molar-refractivity contribution in [3.63, 3.8) is 0 Å². The zero-order valence-electron chi connectivity index (χ0n) is 49.4. The third-order valence-electron chi connectivity index (χ3n) is 13.2. The van der Waals surface area contributed by atoms with Gasteiger partial charge in [0.25, 0.3) is 0 Å². The molecule has 0 aliphatic carbocycles. The Morgan fingerprint density at radius 1 is 0.423 bits per heavy atom. The minimum atomic E-state index is -1.65. The van der Waals surface area contributed by atoms with E-state index in [-0.39, 0.29) is 81.0 Å². The second-order valence-corrected chi connectivity index (χ2v) is 23.3. The lowest BCUT2D eigenvalue weighted by molar-refractivity contribution is -0.143. The minimum absolute atomic E-state index is 0.00389. The Labute approximate surface area is 465 Å². The minimum Gasteiger partial charge on any atom is -0.480 e. The van der Waals surface area contributed by atoms with Gasteiger partial charge in [0.15, 0.2) is 0 Å². The van der Waals surface area contributed by atoms with Gasteiger partial charge in [0.1, 0.15) is 48.3 Å². The van der Waals surface area contributed by atoms with Crippen LogP contribution in [0.5, 0.6) is 0 Å². The van der Waals surface area contributed by atoms with Gasteiger partial charge in [-0.1, -0.05) is 141 Å². The molecule has 0 saturated heterocycles. The zero-order chi connectivity index (χ0) is 59.8. The molecule has 22 nitrogen and oxygen atoms in total. The number of aliphatic hydroxyl groups excluding tert-OH is 2. The van der Waals surface area contributed by atoms with Crippen molar-refractivity contribution in [2.75, 3.05) is 6.61 Å². The molecule has 450 valence electrons. The molecule has 0 fully saturated rings. The van der Waals surface area contributed by atoms with Crippen LogP contribution in [-0.4, -0.2) is 135 Å². The number of carbonyl (C=O) groups excluding carboxylic acids is 9. The molecular weight excluding hydrogens is 1010 g/mol. The third kappa shape index (κ3) is 31.3. The first-order valence-corrected chi connectivity index (χ1v) is 28.7. The summed E-state index contributed by atoms with van der Waals surface area (Å²) in [6.07, 6.45) is 7.03. The van der Waals surface area contributed by atoms with Crippen LogP contribution in [0.25, 0.3) is 0 Å². The smallest absolute Gasteiger partial charge is 0.326 e. The Morgan fingerprint density at radius 3 is 1.17 bits per heavy atom. The Hall–Kier alpha value is -5.38. The summed E-state index contributed by atoms with van der Waals surface area (Å²) in [7, 11) is 0. The second kappa shape index (κ2) is 39.1. The van der Waals surface area contributed by atoms with Crippen molar-refractivity contribution < 1.29 is 63.3 Å². The lowest BCUT2D eigenvalue weighted by atomic mass is 9.96. The van der Waals surface area contributed by atoms with Crippen molar-refractivity contribution in [1.29, 1.82) is 0 Å². The highest BCUT2D eigenvalue weighted by Crippen LogP contribution is 2.16. The highest BCUT2D eigenvalue weighted by Gasteiger charge is 2.37. The number of amides is 9. The molecule has 0 aromatic carbocycles. The highest BCUT2D eigenvalue weighted by molar-refractivity contribution is 5.98. The maximum Gasteiger partial charge on any atom is 0.326 e. The van der Waals surface area contributed by atoms with Crippen molar-refractivity contribution in [1.82, 2.24) is 42.5 Å². The van der Waals surface area contributed by atoms with Gasteiger partial charge >= 0.3 is 5.97 Å². The molecule has 0 heterocycles. The van der Waals surface area contributed by atoms with Crippen LogP contribution in [0.2, 0.25) is 0 Å². The monoisotopic (exact) mass is 1110 g/mol. The Morgan fingerprint density at radius 2 is 0.769 bits per heavy atom. The molecule has 0 aliphatic rings. The van der Waals surface area contributed by atoms with Crippen LogP contribution < -0.4 is 48.3 Å². The molecule has 0 saturated carbocycles. The largest absolute Gasteiger partial charge is 0.480 e. The molecule has 0 bridgehead atoms. The van der Waals surface area contributed by atoms with Crippen LogP contribution in [0.4, 0.5) is 0 Å². The van der Waals surface area contributed by atoms with E-state index in [1.165, 1.54) is 12.8 Å². The number of rotatable bonds is 42. The fourth-order valence-electron chi connectivity index (χ4n) is 8.74. The van der Waals surface area contributed by atoms with Gasteiger partial charge in [-0.25, -0.2) is 4.79 Å². The number of nitrogens with two attached hydrogens (primary N) is 1. The number of nitrogens with one attached hydrogen (secondary N) is 8. The summed E-state index contributed by atoms with van der Waals surface area (Å²) in [4.78, 5) is 135. The molecule has 10 unspecified atom stereocenters. The van der Waals surface area contributed by atoms with E-state index in [2.05, 4.69) is 49.5 Å². The van der Waals surface area contributed by atoms with Gasteiger partial charge in [-0.3, -0.25) is 43.2 Å². The van der Waals surface area contributed by atoms with Gasteiger partial charge in [0, 0.05) is 6.42 Å². The van der Waals surface area contributed by atoms with E-state index in [0.717, 1.165) is 32.1 Å². The topological polar surface area (TPSA) is 354 Å². The number of unbranched alkanes of at least 4 members (excludes halogenated alkanes) is 6. The van der Waals surface area contributed by atoms with Crippen LogP contribution >= 0.6 is 0 Å². The number of hydrogen-bond acceptors (Lipinski definition) is 12. The fraction of sp³-hybridized carbons (Fsp3) is 0.821. The number of carboxylic acid groups (broad SMARTS) is 1. The Bertz CT molecular complexity index is 1880. The SMILES string of the molecule is CCCCCCCCCC(O)CC(=O)NC(CC(C)C)C(=O)NC(CC(C)C)C(=O)NC(CCC(N)=O)C(=O)NC(CC(C)C)C(=O)NC(CO)C(=O)NC(C(=O)NC(CC(C)C)C(=O)NC(CC(C)C)C(=O)O)C(C)CC. The van der Waals surface area contributed by atoms with Crippen molar-refractivity contribution in [2.24, 2.45) is 41.2 Å². The number of aliphatic hydroxyl groups is 2. The molecule has 10 atom stereocenters. The molecule has 22 heteroatoms. The van der Waals surface area contributed by atoms with Crippen molar-refractivity contribution in [2.45, 2.75) is 254 Å². The van der Waals surface area contributed by atoms with Crippen LogP contribution in [0.1, 0.15) is 199 Å². The first-order chi connectivity index (χ1) is 36.4. The van der Waals surface area contributed by atoms with E-state index in [9.17, 15) is 63.3 Å². The predicted molar refractivity (Wildman–Crippen MR) is 299 cm³/mol. The summed E-state index contributed by atoms with van der Waals surface area (Å²) >= 11 is 0. The van der Waals surface area contributed by atoms with Crippen LogP contribution in [0.3, 0.4) is 0 Å². The summed E-state index contributed by atoms with van der Waals surface area (Å²) in [5.74, 6) is -9.44. The third-order valence-corrected chi connectivity index (χ3v) is 13.2. The lowest BCUT2D eigenvalue weighted by Gasteiger charge is -2.30. The van der Waals surface area contributed by atoms with E-state index in [4.69, 9.17) is 5.73 Å². The van der Waals surface area contributed by atoms with Crippen molar-refractivity contribution in [3.8, 4) is 0 Å². The van der Waals surface area contributed by atoms with Gasteiger partial charge in [0.05, 0.1) is 19.1 Å². The van der Waals surface area contributed by atoms with E-state index in [1.54, 1.807) is 27.7 Å². The first kappa shape index (κ1) is 72.6. The van der Waals surface area contributed by atoms with Crippen LogP contribution in [-0.2, 0) is 47.9 Å². The Balaban J connectivity index is 6.44. The van der Waals surface area contributed by atoms with E-state index >= 15 is 0 Å². The maximum absolute atomic E-state index is 14.1. The first-order valence-electron chi connectivity index (χ1n) is 28.7. The maximum atomic E-state index is 14.1. The average Bonchev–Trinajstić information content (AvgIpc) is 3.33. The molecule has 0 aliphatic heterocycles. The zero-order valence-corrected chi connectivity index (χ0v) is 49.4. The van der Waals surface area contributed by atoms with Gasteiger partial charge in [-0.15, -0.1) is 0 Å². The summed E-state index contributed by atoms with van der Waals surface area (Å²) in [5.41, 5.74) is 5.47. The second-order valence-electron chi connectivity index (χ2n) is 23.3. The summed E-state index contributed by atoms with van der Waals surface area (Å²) < 4.78 is 0. The quantitative estimate of drug-likeness (QED) is 0.0391. The van der Waals surface area contributed by atoms with E-state index in [0.29, 0.717) is 12.8 Å². The standard InChI is InChI=1S/C56H103N9O13/c1-14-16-17-18-19-20-21-22-38(67)30-47(69)58-40(25-32(3)4)50(71)61-41(26-33(5)6)51(72)59-39(23-24-46(57)68)49(70)60-42(27-34(7)8)53(74)64-45(31-66)54(75)65-48(37(13)15-2)55(76)62-43(28-35(9)10)52(73)63-44(56(77)78)29-36(11)12/h32-45,48,66-67H,14-31H2,1-13H3,(H2,57,68)(H,58,69)(H,59,72)(H,60,70)(H,61,71)(H,62,76)(H,63,73)(H,64,74)(H,65,75)(H,77,78). The number of carbonyl (C=O) groups is 10. The fourth-order valence-corrected chi connectivity index (χ4v) is 8.74. The van der Waals surface area contributed by atoms with Gasteiger partial charge in [-0.05, 0) is 80.5 Å². The summed E-state index contributed by atoms with van der Waals surface area (Å²) in [6.45, 7) is 22.8. The summed E-state index contributed by atoms with van der Waals surface area (Å²) in [6, 6.07) is -10.4. The molecule has 0 aromatic heterocycles. The molecule has 0 aromatic rings. The lowest BCUT2D eigenvalue weighted by Crippen LogP contribution is -2.61. The highest BCUT2D eigenvalue weighted by atomic mass is 16.4. The van der Waals surface area contributed by atoms with Crippen LogP contribution in [0, 0.1) is 35.5 Å². The van der Waals surface area contributed by atoms with E-state index < -0.39 is 126 Å². The molecule has 0 radical (unpaired) electrons. The van der Waals surface area contributed by atoms with Crippen molar-refractivity contribution in [3.05, 3.63) is 0 Å². The number of aliphatic carboxylic acids is 1. The predicted octanol–water partition coefficient (Wildman–Crippen LogP) is 3.38. The molecule has 78 heavy (non-hydrogen) atoms.